The molecule has 1 N–H and O–H groups in total. The minimum absolute atomic E-state index is 0.110. The van der Waals surface area contributed by atoms with Crippen LogP contribution in [0.5, 0.6) is 0 Å². The topological polar surface area (TPSA) is 108 Å². The van der Waals surface area contributed by atoms with E-state index >= 15 is 0 Å². The van der Waals surface area contributed by atoms with Crippen molar-refractivity contribution in [2.75, 3.05) is 19.0 Å². The predicted molar refractivity (Wildman–Crippen MR) is 99.8 cm³/mol. The molecule has 0 saturated carbocycles. The molecule has 28 heavy (non-hydrogen) atoms. The van der Waals surface area contributed by atoms with Crippen LogP contribution in [0.2, 0.25) is 0 Å². The molecular weight excluding hydrogens is 364 g/mol. The molecule has 1 amide bonds. The molecule has 0 radical (unpaired) electrons. The van der Waals surface area contributed by atoms with Crippen molar-refractivity contribution in [1.82, 2.24) is 5.16 Å². The van der Waals surface area contributed by atoms with Gasteiger partial charge < -0.3 is 19.3 Å². The van der Waals surface area contributed by atoms with Crippen molar-refractivity contribution in [2.45, 2.75) is 13.3 Å². The largest absolute Gasteiger partial charge is 0.465 e. The number of aryl methyl sites for hydroxylation is 1. The Hall–Kier alpha value is -3.68. The lowest BCUT2D eigenvalue weighted by Crippen LogP contribution is -2.22. The normalized spacial score (nSPS) is 10.5. The van der Waals surface area contributed by atoms with Gasteiger partial charge in [0.05, 0.1) is 19.1 Å². The molecule has 3 rings (SSSR count). The van der Waals surface area contributed by atoms with E-state index in [1.165, 1.54) is 13.2 Å². The third kappa shape index (κ3) is 4.35. The third-order valence-corrected chi connectivity index (χ3v) is 4.06. The fraction of sp³-hybridized carbons (Fsp3) is 0.200. The lowest BCUT2D eigenvalue weighted by atomic mass is 10.1. The van der Waals surface area contributed by atoms with Crippen molar-refractivity contribution >= 4 is 34.5 Å². The summed E-state index contributed by atoms with van der Waals surface area (Å²) in [6.07, 6.45) is -0.110. The van der Waals surface area contributed by atoms with Gasteiger partial charge in [0.1, 0.15) is 5.69 Å². The molecule has 8 nitrogen and oxygen atoms in total. The van der Waals surface area contributed by atoms with E-state index in [4.69, 9.17) is 9.26 Å². The van der Waals surface area contributed by atoms with E-state index in [9.17, 15) is 14.4 Å². The summed E-state index contributed by atoms with van der Waals surface area (Å²) < 4.78 is 14.8. The smallest absolute Gasteiger partial charge is 0.337 e. The van der Waals surface area contributed by atoms with Crippen LogP contribution in [0, 0.1) is 6.92 Å². The standard InChI is InChI=1S/C20H18N2O6/c1-12-7-8-13(20(25)26-2)9-15(12)21-18(23)11-27-19(24)10-16-14-5-3-4-6-17(14)28-22-16/h3-9H,10-11H2,1-2H3,(H,21,23). The fourth-order valence-corrected chi connectivity index (χ4v) is 2.59. The first-order valence-corrected chi connectivity index (χ1v) is 8.45. The van der Waals surface area contributed by atoms with Crippen LogP contribution in [0.3, 0.4) is 0 Å². The van der Waals surface area contributed by atoms with Crippen molar-refractivity contribution in [1.29, 1.82) is 0 Å². The maximum absolute atomic E-state index is 12.1. The summed E-state index contributed by atoms with van der Waals surface area (Å²) in [7, 11) is 1.28. The molecule has 8 heteroatoms. The summed E-state index contributed by atoms with van der Waals surface area (Å²) in [6.45, 7) is 1.31. The summed E-state index contributed by atoms with van der Waals surface area (Å²) in [6, 6.07) is 11.9. The zero-order valence-electron chi connectivity index (χ0n) is 15.4. The van der Waals surface area contributed by atoms with E-state index in [0.29, 0.717) is 22.5 Å². The van der Waals surface area contributed by atoms with Gasteiger partial charge in [0, 0.05) is 11.1 Å². The molecule has 1 heterocycles. The number of amides is 1. The van der Waals surface area contributed by atoms with Crippen molar-refractivity contribution in [3.05, 3.63) is 59.3 Å². The average Bonchev–Trinajstić information content (AvgIpc) is 3.10. The minimum atomic E-state index is -0.603. The Morgan fingerprint density at radius 3 is 2.71 bits per heavy atom. The van der Waals surface area contributed by atoms with Crippen LogP contribution in [0.15, 0.2) is 47.0 Å². The zero-order chi connectivity index (χ0) is 20.1. The second-order valence-electron chi connectivity index (χ2n) is 6.03. The molecule has 0 atom stereocenters. The minimum Gasteiger partial charge on any atom is -0.465 e. The van der Waals surface area contributed by atoms with Crippen molar-refractivity contribution in [3.8, 4) is 0 Å². The van der Waals surface area contributed by atoms with Crippen LogP contribution in [-0.4, -0.2) is 36.7 Å². The number of nitrogens with zero attached hydrogens (tertiary/aromatic N) is 1. The number of benzene rings is 2. The van der Waals surface area contributed by atoms with Crippen LogP contribution in [0.25, 0.3) is 11.0 Å². The first kappa shape index (κ1) is 19.1. The summed E-state index contributed by atoms with van der Waals surface area (Å²) in [5.41, 5.74) is 2.51. The maximum Gasteiger partial charge on any atom is 0.337 e. The summed E-state index contributed by atoms with van der Waals surface area (Å²) >= 11 is 0. The first-order valence-electron chi connectivity index (χ1n) is 8.45. The SMILES string of the molecule is COC(=O)c1ccc(C)c(NC(=O)COC(=O)Cc2noc3ccccc23)c1. The van der Waals surface area contributed by atoms with E-state index in [-0.39, 0.29) is 6.42 Å². The van der Waals surface area contributed by atoms with Crippen LogP contribution in [-0.2, 0) is 25.5 Å². The number of hydrogen-bond acceptors (Lipinski definition) is 7. The highest BCUT2D eigenvalue weighted by molar-refractivity contribution is 5.96. The molecule has 3 aromatic rings. The van der Waals surface area contributed by atoms with E-state index in [0.717, 1.165) is 10.9 Å². The van der Waals surface area contributed by atoms with Gasteiger partial charge in [-0.2, -0.15) is 0 Å². The molecule has 0 spiro atoms. The number of para-hydroxylation sites is 1. The van der Waals surface area contributed by atoms with E-state index in [1.54, 1.807) is 37.3 Å². The number of carbonyl (C=O) groups is 3. The molecule has 0 aliphatic heterocycles. The van der Waals surface area contributed by atoms with Crippen LogP contribution in [0.1, 0.15) is 21.6 Å². The number of methoxy groups -OCH3 is 1. The first-order chi connectivity index (χ1) is 13.5. The Labute approximate surface area is 160 Å². The molecular formula is C20H18N2O6. The van der Waals surface area contributed by atoms with Gasteiger partial charge in [-0.3, -0.25) is 9.59 Å². The van der Waals surface area contributed by atoms with E-state index in [1.807, 2.05) is 6.07 Å². The molecule has 0 bridgehead atoms. The summed E-state index contributed by atoms with van der Waals surface area (Å²) in [5.74, 6) is -1.64. The molecule has 144 valence electrons. The van der Waals surface area contributed by atoms with Crippen molar-refractivity contribution in [2.24, 2.45) is 0 Å². The van der Waals surface area contributed by atoms with Gasteiger partial charge in [0.25, 0.3) is 5.91 Å². The van der Waals surface area contributed by atoms with Gasteiger partial charge in [0.2, 0.25) is 0 Å². The lowest BCUT2D eigenvalue weighted by molar-refractivity contribution is -0.146. The highest BCUT2D eigenvalue weighted by Gasteiger charge is 2.15. The third-order valence-electron chi connectivity index (χ3n) is 4.06. The number of rotatable bonds is 6. The summed E-state index contributed by atoms with van der Waals surface area (Å²) in [5, 5.41) is 7.19. The molecule has 0 unspecified atom stereocenters. The molecule has 0 aliphatic rings. The predicted octanol–water partition coefficient (Wildman–Crippen LogP) is 2.65. The average molecular weight is 382 g/mol. The van der Waals surface area contributed by atoms with Crippen molar-refractivity contribution < 1.29 is 28.4 Å². The number of carbonyl (C=O) groups excluding carboxylic acids is 3. The van der Waals surface area contributed by atoms with Gasteiger partial charge in [0.15, 0.2) is 12.2 Å². The van der Waals surface area contributed by atoms with Crippen LogP contribution < -0.4 is 5.32 Å². The molecule has 0 aliphatic carbocycles. The number of esters is 2. The Bertz CT molecular complexity index is 1040. The maximum atomic E-state index is 12.1. The van der Waals surface area contributed by atoms with Gasteiger partial charge >= 0.3 is 11.9 Å². The van der Waals surface area contributed by atoms with Gasteiger partial charge in [-0.05, 0) is 36.8 Å². The monoisotopic (exact) mass is 382 g/mol. The number of fused-ring (bicyclic) bond motifs is 1. The molecule has 1 aromatic heterocycles. The Kier molecular flexibility index (Phi) is 5.69. The Morgan fingerprint density at radius 2 is 1.93 bits per heavy atom. The Balaban J connectivity index is 1.57. The van der Waals surface area contributed by atoms with Gasteiger partial charge in [-0.25, -0.2) is 4.79 Å². The van der Waals surface area contributed by atoms with E-state index in [2.05, 4.69) is 15.2 Å². The second-order valence-corrected chi connectivity index (χ2v) is 6.03. The quantitative estimate of drug-likeness (QED) is 0.653. The van der Waals surface area contributed by atoms with Crippen LogP contribution >= 0.6 is 0 Å². The van der Waals surface area contributed by atoms with Crippen molar-refractivity contribution in [3.63, 3.8) is 0 Å². The number of aromatic nitrogens is 1. The summed E-state index contributed by atoms with van der Waals surface area (Å²) in [4.78, 5) is 35.7. The number of hydrogen-bond donors (Lipinski definition) is 1. The molecule has 2 aromatic carbocycles. The number of nitrogens with one attached hydrogen (secondary N) is 1. The van der Waals surface area contributed by atoms with Gasteiger partial charge in [-0.15, -0.1) is 0 Å². The van der Waals surface area contributed by atoms with E-state index < -0.39 is 24.5 Å². The number of ether oxygens (including phenoxy) is 2. The molecule has 0 fully saturated rings. The fourth-order valence-electron chi connectivity index (χ4n) is 2.59. The van der Waals surface area contributed by atoms with Crippen LogP contribution in [0.4, 0.5) is 5.69 Å². The highest BCUT2D eigenvalue weighted by atomic mass is 16.5. The lowest BCUT2D eigenvalue weighted by Gasteiger charge is -2.10. The highest BCUT2D eigenvalue weighted by Crippen LogP contribution is 2.19. The zero-order valence-corrected chi connectivity index (χ0v) is 15.4. The number of anilines is 1. The second kappa shape index (κ2) is 8.34. The van der Waals surface area contributed by atoms with Gasteiger partial charge in [-0.1, -0.05) is 23.4 Å². The molecule has 0 saturated heterocycles. The Morgan fingerprint density at radius 1 is 1.14 bits per heavy atom.